The first-order chi connectivity index (χ1) is 9.46. The normalized spacial score (nSPS) is 10.8. The van der Waals surface area contributed by atoms with Crippen LogP contribution >= 0.6 is 0 Å². The lowest BCUT2D eigenvalue weighted by Gasteiger charge is -2.07. The van der Waals surface area contributed by atoms with Crippen molar-refractivity contribution in [1.29, 1.82) is 5.26 Å². The van der Waals surface area contributed by atoms with Crippen LogP contribution in [0.2, 0.25) is 0 Å². The molecule has 0 radical (unpaired) electrons. The van der Waals surface area contributed by atoms with Gasteiger partial charge in [-0.05, 0) is 42.0 Å². The molecule has 2 rings (SSSR count). The quantitative estimate of drug-likeness (QED) is 0.938. The van der Waals surface area contributed by atoms with Gasteiger partial charge in [-0.1, -0.05) is 12.1 Å². The number of nitrogens with zero attached hydrogens (tertiary/aromatic N) is 1. The van der Waals surface area contributed by atoms with E-state index in [-0.39, 0.29) is 5.75 Å². The predicted octanol–water partition coefficient (Wildman–Crippen LogP) is 2.85. The molecule has 5 heteroatoms. The van der Waals surface area contributed by atoms with Gasteiger partial charge in [0.2, 0.25) is 0 Å². The van der Waals surface area contributed by atoms with E-state index in [2.05, 4.69) is 11.4 Å². The molecule has 0 amide bonds. The van der Waals surface area contributed by atoms with Crippen molar-refractivity contribution in [2.24, 2.45) is 0 Å². The lowest BCUT2D eigenvalue weighted by atomic mass is 10.2. The maximum absolute atomic E-state index is 11.2. The molecule has 0 aromatic heterocycles. The molecule has 2 aromatic rings. The largest absolute Gasteiger partial charge is 0.356 e. The molecule has 0 spiro atoms. The van der Waals surface area contributed by atoms with Crippen molar-refractivity contribution >= 4 is 21.2 Å². The van der Waals surface area contributed by atoms with Gasteiger partial charge in [-0.3, -0.25) is 0 Å². The van der Waals surface area contributed by atoms with E-state index >= 15 is 0 Å². The Morgan fingerprint density at radius 1 is 1.00 bits per heavy atom. The van der Waals surface area contributed by atoms with Crippen molar-refractivity contribution in [3.63, 3.8) is 0 Å². The van der Waals surface area contributed by atoms with Gasteiger partial charge in [0, 0.05) is 17.6 Å². The van der Waals surface area contributed by atoms with Gasteiger partial charge in [-0.25, -0.2) is 8.42 Å². The molecular weight excluding hydrogens is 272 g/mol. The minimum absolute atomic E-state index is 0.0458. The van der Waals surface area contributed by atoms with E-state index in [1.807, 2.05) is 24.3 Å². The van der Waals surface area contributed by atoms with E-state index in [1.165, 1.54) is 6.26 Å². The lowest BCUT2D eigenvalue weighted by molar-refractivity contribution is 0.601. The molecule has 0 unspecified atom stereocenters. The van der Waals surface area contributed by atoms with Crippen molar-refractivity contribution in [1.82, 2.24) is 0 Å². The molecule has 102 valence electrons. The Morgan fingerprint density at radius 3 is 1.95 bits per heavy atom. The third-order valence-corrected chi connectivity index (χ3v) is 3.54. The summed E-state index contributed by atoms with van der Waals surface area (Å²) in [6, 6.07) is 16.4. The van der Waals surface area contributed by atoms with Crippen molar-refractivity contribution < 1.29 is 8.42 Å². The summed E-state index contributed by atoms with van der Waals surface area (Å²) < 4.78 is 22.4. The Kier molecular flexibility index (Phi) is 4.06. The highest BCUT2D eigenvalue weighted by Crippen LogP contribution is 2.18. The fraction of sp³-hybridized carbons (Fsp3) is 0.133. The number of rotatable bonds is 4. The first-order valence-electron chi connectivity index (χ1n) is 6.00. The maximum Gasteiger partial charge on any atom is 0.151 e. The molecule has 0 aliphatic carbocycles. The Balaban J connectivity index is 2.08. The number of anilines is 2. The van der Waals surface area contributed by atoms with Gasteiger partial charge in [0.1, 0.15) is 0 Å². The molecule has 1 N–H and O–H groups in total. The van der Waals surface area contributed by atoms with E-state index in [0.29, 0.717) is 5.56 Å². The molecule has 0 fully saturated rings. The molecule has 0 saturated carbocycles. The van der Waals surface area contributed by atoms with Crippen LogP contribution in [0.5, 0.6) is 0 Å². The molecule has 20 heavy (non-hydrogen) atoms. The van der Waals surface area contributed by atoms with Crippen molar-refractivity contribution in [2.75, 3.05) is 11.6 Å². The van der Waals surface area contributed by atoms with Gasteiger partial charge in [-0.2, -0.15) is 5.26 Å². The number of hydrogen-bond acceptors (Lipinski definition) is 4. The third-order valence-electron chi connectivity index (χ3n) is 2.69. The summed E-state index contributed by atoms with van der Waals surface area (Å²) in [4.78, 5) is 0. The van der Waals surface area contributed by atoms with Gasteiger partial charge in [0.05, 0.1) is 17.4 Å². The van der Waals surface area contributed by atoms with E-state index in [4.69, 9.17) is 5.26 Å². The predicted molar refractivity (Wildman–Crippen MR) is 79.4 cm³/mol. The van der Waals surface area contributed by atoms with Crippen LogP contribution in [-0.4, -0.2) is 14.7 Å². The summed E-state index contributed by atoms with van der Waals surface area (Å²) >= 11 is 0. The summed E-state index contributed by atoms with van der Waals surface area (Å²) in [5.74, 6) is 0.0458. The number of sulfone groups is 1. The molecule has 0 bridgehead atoms. The van der Waals surface area contributed by atoms with Crippen LogP contribution in [0.25, 0.3) is 0 Å². The molecule has 2 aromatic carbocycles. The second-order valence-corrected chi connectivity index (χ2v) is 6.72. The van der Waals surface area contributed by atoms with Gasteiger partial charge in [0.15, 0.2) is 9.84 Å². The average Bonchev–Trinajstić information content (AvgIpc) is 2.40. The van der Waals surface area contributed by atoms with Crippen LogP contribution in [0.4, 0.5) is 11.4 Å². The zero-order valence-corrected chi connectivity index (χ0v) is 11.8. The monoisotopic (exact) mass is 286 g/mol. The summed E-state index contributed by atoms with van der Waals surface area (Å²) in [6.07, 6.45) is 1.22. The highest BCUT2D eigenvalue weighted by Gasteiger charge is 2.04. The van der Waals surface area contributed by atoms with Crippen LogP contribution in [0, 0.1) is 11.3 Å². The van der Waals surface area contributed by atoms with Crippen molar-refractivity contribution in [3.05, 3.63) is 59.7 Å². The molecule has 0 aliphatic heterocycles. The fourth-order valence-corrected chi connectivity index (χ4v) is 2.58. The van der Waals surface area contributed by atoms with Gasteiger partial charge >= 0.3 is 0 Å². The standard InChI is InChI=1S/C15H14N2O2S/c1-20(18,19)11-13-4-8-15(9-5-13)17-14-6-2-12(10-16)3-7-14/h2-9,17H,11H2,1H3. The summed E-state index contributed by atoms with van der Waals surface area (Å²) in [5, 5.41) is 11.9. The van der Waals surface area contributed by atoms with Crippen LogP contribution in [0.1, 0.15) is 11.1 Å². The second kappa shape index (κ2) is 5.76. The minimum atomic E-state index is -3.01. The number of hydrogen-bond donors (Lipinski definition) is 1. The van der Waals surface area contributed by atoms with Crippen LogP contribution in [0.3, 0.4) is 0 Å². The smallest absolute Gasteiger partial charge is 0.151 e. The molecule has 0 heterocycles. The van der Waals surface area contributed by atoms with Crippen LogP contribution in [-0.2, 0) is 15.6 Å². The average molecular weight is 286 g/mol. The summed E-state index contributed by atoms with van der Waals surface area (Å²) in [5.41, 5.74) is 3.11. The van der Waals surface area contributed by atoms with Crippen molar-refractivity contribution in [2.45, 2.75) is 5.75 Å². The fourth-order valence-electron chi connectivity index (χ4n) is 1.78. The minimum Gasteiger partial charge on any atom is -0.356 e. The van der Waals surface area contributed by atoms with Gasteiger partial charge in [-0.15, -0.1) is 0 Å². The zero-order valence-electron chi connectivity index (χ0n) is 11.0. The third kappa shape index (κ3) is 4.11. The summed E-state index contributed by atoms with van der Waals surface area (Å²) in [7, 11) is -3.01. The van der Waals surface area contributed by atoms with Crippen LogP contribution in [0.15, 0.2) is 48.5 Å². The lowest BCUT2D eigenvalue weighted by Crippen LogP contribution is -2.00. The first kappa shape index (κ1) is 14.1. The van der Waals surface area contributed by atoms with E-state index in [1.54, 1.807) is 24.3 Å². The molecule has 4 nitrogen and oxygen atoms in total. The highest BCUT2D eigenvalue weighted by atomic mass is 32.2. The second-order valence-electron chi connectivity index (χ2n) is 4.58. The molecule has 0 atom stereocenters. The van der Waals surface area contributed by atoms with Crippen molar-refractivity contribution in [3.8, 4) is 6.07 Å². The van der Waals surface area contributed by atoms with Gasteiger partial charge < -0.3 is 5.32 Å². The SMILES string of the molecule is CS(=O)(=O)Cc1ccc(Nc2ccc(C#N)cc2)cc1. The van der Waals surface area contributed by atoms with E-state index in [9.17, 15) is 8.42 Å². The highest BCUT2D eigenvalue weighted by molar-refractivity contribution is 7.89. The molecular formula is C15H14N2O2S. The van der Waals surface area contributed by atoms with Gasteiger partial charge in [0.25, 0.3) is 0 Å². The number of benzene rings is 2. The van der Waals surface area contributed by atoms with Crippen LogP contribution < -0.4 is 5.32 Å². The van der Waals surface area contributed by atoms with E-state index < -0.39 is 9.84 Å². The first-order valence-corrected chi connectivity index (χ1v) is 8.06. The Bertz CT molecular complexity index is 727. The molecule has 0 aliphatic rings. The van der Waals surface area contributed by atoms with E-state index in [0.717, 1.165) is 16.9 Å². The summed E-state index contributed by atoms with van der Waals surface area (Å²) in [6.45, 7) is 0. The number of nitriles is 1. The Labute approximate surface area is 118 Å². The Morgan fingerprint density at radius 2 is 1.50 bits per heavy atom. The number of nitrogens with one attached hydrogen (secondary N) is 1. The Hall–Kier alpha value is -2.32. The topological polar surface area (TPSA) is 70.0 Å². The zero-order chi connectivity index (χ0) is 14.6. The maximum atomic E-state index is 11.2. The molecule has 0 saturated heterocycles.